The standard InChI is InChI=1S/C17H28N2O/c1-13-7-6-8-14(11-13)19(2)16(12-18)15-9-4-5-10-17(15)20-3/h4-5,9-10,13-14,16H,6-8,11-12,18H2,1-3H3. The quantitative estimate of drug-likeness (QED) is 0.897. The largest absolute Gasteiger partial charge is 0.496 e. The van der Waals surface area contributed by atoms with E-state index in [-0.39, 0.29) is 6.04 Å². The molecular formula is C17H28N2O. The van der Waals surface area contributed by atoms with Crippen LogP contribution in [0.25, 0.3) is 0 Å². The van der Waals surface area contributed by atoms with E-state index in [1.54, 1.807) is 7.11 Å². The lowest BCUT2D eigenvalue weighted by molar-refractivity contribution is 0.119. The van der Waals surface area contributed by atoms with Gasteiger partial charge in [0.1, 0.15) is 5.75 Å². The zero-order valence-electron chi connectivity index (χ0n) is 13.0. The Morgan fingerprint density at radius 3 is 2.75 bits per heavy atom. The highest BCUT2D eigenvalue weighted by Crippen LogP contribution is 2.34. The maximum absolute atomic E-state index is 6.07. The number of nitrogens with zero attached hydrogens (tertiary/aromatic N) is 1. The van der Waals surface area contributed by atoms with Gasteiger partial charge in [0.15, 0.2) is 0 Å². The Bertz CT molecular complexity index is 421. The first-order valence-corrected chi connectivity index (χ1v) is 7.72. The SMILES string of the molecule is COc1ccccc1C(CN)N(C)C1CCCC(C)C1. The van der Waals surface area contributed by atoms with Crippen molar-refractivity contribution in [3.05, 3.63) is 29.8 Å². The second kappa shape index (κ2) is 7.09. The summed E-state index contributed by atoms with van der Waals surface area (Å²) in [6.07, 6.45) is 5.26. The van der Waals surface area contributed by atoms with Crippen molar-refractivity contribution in [2.45, 2.75) is 44.7 Å². The summed E-state index contributed by atoms with van der Waals surface area (Å²) in [4.78, 5) is 2.47. The van der Waals surface area contributed by atoms with Crippen LogP contribution in [-0.4, -0.2) is 31.6 Å². The normalized spacial score (nSPS) is 24.6. The average molecular weight is 276 g/mol. The minimum atomic E-state index is 0.237. The van der Waals surface area contributed by atoms with Crippen LogP contribution in [0.15, 0.2) is 24.3 Å². The minimum absolute atomic E-state index is 0.237. The molecule has 0 aliphatic heterocycles. The Labute approximate surface area is 123 Å². The fraction of sp³-hybridized carbons (Fsp3) is 0.647. The number of methoxy groups -OCH3 is 1. The molecular weight excluding hydrogens is 248 g/mol. The average Bonchev–Trinajstić information content (AvgIpc) is 2.48. The molecule has 0 bridgehead atoms. The first kappa shape index (κ1) is 15.3. The second-order valence-corrected chi connectivity index (χ2v) is 6.08. The molecule has 1 aliphatic carbocycles. The summed E-state index contributed by atoms with van der Waals surface area (Å²) in [5, 5.41) is 0. The van der Waals surface area contributed by atoms with E-state index in [1.165, 1.54) is 31.2 Å². The number of nitrogens with two attached hydrogens (primary N) is 1. The fourth-order valence-corrected chi connectivity index (χ4v) is 3.48. The molecule has 0 heterocycles. The van der Waals surface area contributed by atoms with Crippen LogP contribution in [0, 0.1) is 5.92 Å². The molecule has 0 amide bonds. The van der Waals surface area contributed by atoms with Gasteiger partial charge >= 0.3 is 0 Å². The third-order valence-electron chi connectivity index (χ3n) is 4.70. The maximum Gasteiger partial charge on any atom is 0.123 e. The van der Waals surface area contributed by atoms with Crippen molar-refractivity contribution in [2.24, 2.45) is 11.7 Å². The van der Waals surface area contributed by atoms with Gasteiger partial charge in [-0.3, -0.25) is 4.90 Å². The van der Waals surface area contributed by atoms with Crippen LogP contribution in [0.4, 0.5) is 0 Å². The van der Waals surface area contributed by atoms with Gasteiger partial charge < -0.3 is 10.5 Å². The van der Waals surface area contributed by atoms with Crippen LogP contribution in [0.3, 0.4) is 0 Å². The first-order chi connectivity index (χ1) is 9.67. The number of ether oxygens (including phenoxy) is 1. The van der Waals surface area contributed by atoms with E-state index < -0.39 is 0 Å². The molecule has 1 saturated carbocycles. The van der Waals surface area contributed by atoms with Gasteiger partial charge in [-0.1, -0.05) is 38.0 Å². The molecule has 0 aromatic heterocycles. The number of benzene rings is 1. The number of hydrogen-bond donors (Lipinski definition) is 1. The van der Waals surface area contributed by atoms with Gasteiger partial charge in [-0.15, -0.1) is 0 Å². The summed E-state index contributed by atoms with van der Waals surface area (Å²) in [6, 6.07) is 9.11. The summed E-state index contributed by atoms with van der Waals surface area (Å²) in [5.41, 5.74) is 7.28. The van der Waals surface area contributed by atoms with E-state index in [0.717, 1.165) is 11.7 Å². The molecule has 3 unspecified atom stereocenters. The van der Waals surface area contributed by atoms with Gasteiger partial charge in [0.25, 0.3) is 0 Å². The molecule has 0 radical (unpaired) electrons. The van der Waals surface area contributed by atoms with Gasteiger partial charge in [0.2, 0.25) is 0 Å². The second-order valence-electron chi connectivity index (χ2n) is 6.08. The zero-order valence-corrected chi connectivity index (χ0v) is 13.0. The number of para-hydroxylation sites is 1. The number of hydrogen-bond acceptors (Lipinski definition) is 3. The van der Waals surface area contributed by atoms with E-state index in [1.807, 2.05) is 12.1 Å². The molecule has 0 saturated heterocycles. The number of likely N-dealkylation sites (N-methyl/N-ethyl adjacent to an activating group) is 1. The molecule has 2 rings (SSSR count). The van der Waals surface area contributed by atoms with Gasteiger partial charge in [0, 0.05) is 18.2 Å². The lowest BCUT2D eigenvalue weighted by atomic mass is 9.85. The third kappa shape index (κ3) is 3.33. The van der Waals surface area contributed by atoms with E-state index in [4.69, 9.17) is 10.5 Å². The lowest BCUT2D eigenvalue weighted by Crippen LogP contribution is -2.41. The van der Waals surface area contributed by atoms with Crippen LogP contribution in [0.2, 0.25) is 0 Å². The number of rotatable bonds is 5. The Balaban J connectivity index is 2.18. The Kier molecular flexibility index (Phi) is 5.44. The van der Waals surface area contributed by atoms with Crippen molar-refractivity contribution in [3.8, 4) is 5.75 Å². The van der Waals surface area contributed by atoms with Crippen molar-refractivity contribution in [3.63, 3.8) is 0 Å². The molecule has 20 heavy (non-hydrogen) atoms. The summed E-state index contributed by atoms with van der Waals surface area (Å²) in [6.45, 7) is 2.99. The predicted octanol–water partition coefficient (Wildman–Crippen LogP) is 3.21. The van der Waals surface area contributed by atoms with E-state index in [2.05, 4.69) is 31.0 Å². The highest BCUT2D eigenvalue weighted by Gasteiger charge is 2.28. The highest BCUT2D eigenvalue weighted by molar-refractivity contribution is 5.36. The monoisotopic (exact) mass is 276 g/mol. The van der Waals surface area contributed by atoms with E-state index >= 15 is 0 Å². The van der Waals surface area contributed by atoms with Crippen LogP contribution < -0.4 is 10.5 Å². The van der Waals surface area contributed by atoms with Crippen molar-refractivity contribution in [2.75, 3.05) is 20.7 Å². The van der Waals surface area contributed by atoms with Crippen molar-refractivity contribution in [1.29, 1.82) is 0 Å². The van der Waals surface area contributed by atoms with Crippen LogP contribution in [0.5, 0.6) is 5.75 Å². The van der Waals surface area contributed by atoms with Crippen molar-refractivity contribution < 1.29 is 4.74 Å². The minimum Gasteiger partial charge on any atom is -0.496 e. The van der Waals surface area contributed by atoms with E-state index in [9.17, 15) is 0 Å². The molecule has 1 aromatic carbocycles. The molecule has 1 aromatic rings. The highest BCUT2D eigenvalue weighted by atomic mass is 16.5. The molecule has 1 fully saturated rings. The molecule has 1 aliphatic rings. The molecule has 3 atom stereocenters. The summed E-state index contributed by atoms with van der Waals surface area (Å²) in [5.74, 6) is 1.77. The van der Waals surface area contributed by atoms with Crippen molar-refractivity contribution >= 4 is 0 Å². The zero-order chi connectivity index (χ0) is 14.5. The molecule has 112 valence electrons. The Morgan fingerprint density at radius 2 is 2.10 bits per heavy atom. The first-order valence-electron chi connectivity index (χ1n) is 7.72. The van der Waals surface area contributed by atoms with Crippen molar-refractivity contribution in [1.82, 2.24) is 4.90 Å². The molecule has 2 N–H and O–H groups in total. The summed E-state index contributed by atoms with van der Waals surface area (Å²) >= 11 is 0. The van der Waals surface area contributed by atoms with Gasteiger partial charge in [0.05, 0.1) is 13.2 Å². The topological polar surface area (TPSA) is 38.5 Å². The Morgan fingerprint density at radius 1 is 1.35 bits per heavy atom. The molecule has 3 nitrogen and oxygen atoms in total. The van der Waals surface area contributed by atoms with Crippen LogP contribution in [-0.2, 0) is 0 Å². The lowest BCUT2D eigenvalue weighted by Gasteiger charge is -2.39. The van der Waals surface area contributed by atoms with Crippen LogP contribution >= 0.6 is 0 Å². The predicted molar refractivity (Wildman–Crippen MR) is 84.0 cm³/mol. The van der Waals surface area contributed by atoms with E-state index in [0.29, 0.717) is 12.6 Å². The molecule has 3 heteroatoms. The van der Waals surface area contributed by atoms with Gasteiger partial charge in [-0.05, 0) is 31.9 Å². The summed E-state index contributed by atoms with van der Waals surface area (Å²) in [7, 11) is 3.95. The maximum atomic E-state index is 6.07. The third-order valence-corrected chi connectivity index (χ3v) is 4.70. The van der Waals surface area contributed by atoms with Gasteiger partial charge in [-0.2, -0.15) is 0 Å². The Hall–Kier alpha value is -1.06. The summed E-state index contributed by atoms with van der Waals surface area (Å²) < 4.78 is 5.50. The van der Waals surface area contributed by atoms with Gasteiger partial charge in [-0.25, -0.2) is 0 Å². The van der Waals surface area contributed by atoms with Crippen LogP contribution in [0.1, 0.15) is 44.2 Å². The molecule has 0 spiro atoms. The smallest absolute Gasteiger partial charge is 0.123 e. The fourth-order valence-electron chi connectivity index (χ4n) is 3.48.